The predicted molar refractivity (Wildman–Crippen MR) is 87.7 cm³/mol. The van der Waals surface area contributed by atoms with Gasteiger partial charge in [-0.2, -0.15) is 5.10 Å². The van der Waals surface area contributed by atoms with Crippen molar-refractivity contribution in [1.82, 2.24) is 15.1 Å². The fourth-order valence-electron chi connectivity index (χ4n) is 3.52. The second kappa shape index (κ2) is 6.81. The number of hydrogen-bond donors (Lipinski definition) is 2. The molecule has 1 unspecified atom stereocenters. The highest BCUT2D eigenvalue weighted by Crippen LogP contribution is 2.30. The van der Waals surface area contributed by atoms with E-state index in [1.54, 1.807) is 12.1 Å². The number of fused-ring (bicyclic) bond motifs is 1. The number of benzene rings is 1. The van der Waals surface area contributed by atoms with Crippen LogP contribution in [0.5, 0.6) is 0 Å². The molecule has 5 heteroatoms. The Bertz CT molecular complexity index is 696. The van der Waals surface area contributed by atoms with Gasteiger partial charge in [-0.05, 0) is 56.4 Å². The standard InChI is InChI=1S/C18H24FN3O/c1-12-17(13(2)22(21-12)8-9-23)11-20-18-5-3-4-14-10-15(19)6-7-16(14)18/h6-7,10,18,20,23H,3-5,8-9,11H2,1-2H3. The summed E-state index contributed by atoms with van der Waals surface area (Å²) in [6, 6.07) is 5.39. The van der Waals surface area contributed by atoms with E-state index in [2.05, 4.69) is 10.4 Å². The molecule has 0 fully saturated rings. The summed E-state index contributed by atoms with van der Waals surface area (Å²) in [4.78, 5) is 0. The van der Waals surface area contributed by atoms with Crippen molar-refractivity contribution in [3.8, 4) is 0 Å². The maximum absolute atomic E-state index is 13.4. The first-order valence-corrected chi connectivity index (χ1v) is 8.25. The lowest BCUT2D eigenvalue weighted by Gasteiger charge is -2.26. The van der Waals surface area contributed by atoms with E-state index >= 15 is 0 Å². The molecule has 2 N–H and O–H groups in total. The van der Waals surface area contributed by atoms with Crippen LogP contribution in [-0.2, 0) is 19.5 Å². The molecule has 1 heterocycles. The van der Waals surface area contributed by atoms with Crippen LogP contribution in [0.25, 0.3) is 0 Å². The molecule has 3 rings (SSSR count). The number of rotatable bonds is 5. The van der Waals surface area contributed by atoms with Gasteiger partial charge in [-0.3, -0.25) is 4.68 Å². The molecule has 1 aromatic heterocycles. The van der Waals surface area contributed by atoms with Crippen molar-refractivity contribution in [1.29, 1.82) is 0 Å². The van der Waals surface area contributed by atoms with Gasteiger partial charge in [0.05, 0.1) is 18.8 Å². The molecule has 0 radical (unpaired) electrons. The highest BCUT2D eigenvalue weighted by molar-refractivity contribution is 5.33. The molecule has 1 aliphatic rings. The molecule has 2 aromatic rings. The molecule has 23 heavy (non-hydrogen) atoms. The van der Waals surface area contributed by atoms with E-state index < -0.39 is 0 Å². The molecule has 0 bridgehead atoms. The van der Waals surface area contributed by atoms with Crippen LogP contribution < -0.4 is 5.32 Å². The van der Waals surface area contributed by atoms with Gasteiger partial charge in [0.25, 0.3) is 0 Å². The summed E-state index contributed by atoms with van der Waals surface area (Å²) < 4.78 is 15.3. The SMILES string of the molecule is Cc1nn(CCO)c(C)c1CNC1CCCc2cc(F)ccc21. The Balaban J connectivity index is 1.75. The number of aromatic nitrogens is 2. The summed E-state index contributed by atoms with van der Waals surface area (Å²) in [7, 11) is 0. The minimum absolute atomic E-state index is 0.0936. The van der Waals surface area contributed by atoms with E-state index in [1.165, 1.54) is 11.1 Å². The van der Waals surface area contributed by atoms with Crippen molar-refractivity contribution in [3.05, 3.63) is 52.1 Å². The normalized spacial score (nSPS) is 17.3. The first-order chi connectivity index (χ1) is 11.1. The average Bonchev–Trinajstić information content (AvgIpc) is 2.79. The van der Waals surface area contributed by atoms with E-state index in [1.807, 2.05) is 24.6 Å². The van der Waals surface area contributed by atoms with E-state index in [0.29, 0.717) is 6.54 Å². The van der Waals surface area contributed by atoms with Gasteiger partial charge in [0.1, 0.15) is 5.82 Å². The second-order valence-electron chi connectivity index (χ2n) is 6.26. The van der Waals surface area contributed by atoms with Crippen LogP contribution in [0.1, 0.15) is 47.0 Å². The summed E-state index contributed by atoms with van der Waals surface area (Å²) >= 11 is 0. The number of aliphatic hydroxyl groups excluding tert-OH is 1. The number of nitrogens with one attached hydrogen (secondary N) is 1. The van der Waals surface area contributed by atoms with Crippen molar-refractivity contribution < 1.29 is 9.50 Å². The first-order valence-electron chi connectivity index (χ1n) is 8.25. The Kier molecular flexibility index (Phi) is 4.78. The second-order valence-corrected chi connectivity index (χ2v) is 6.26. The number of aliphatic hydroxyl groups is 1. The summed E-state index contributed by atoms with van der Waals surface area (Å²) in [5.74, 6) is -0.152. The van der Waals surface area contributed by atoms with Crippen LogP contribution in [0.2, 0.25) is 0 Å². The molecule has 0 amide bonds. The van der Waals surface area contributed by atoms with Crippen molar-refractivity contribution in [2.24, 2.45) is 0 Å². The fourth-order valence-corrected chi connectivity index (χ4v) is 3.52. The lowest BCUT2D eigenvalue weighted by atomic mass is 9.87. The molecule has 0 spiro atoms. The zero-order valence-corrected chi connectivity index (χ0v) is 13.8. The first kappa shape index (κ1) is 16.1. The molecule has 124 valence electrons. The van der Waals surface area contributed by atoms with Crippen molar-refractivity contribution in [2.45, 2.75) is 52.2 Å². The minimum Gasteiger partial charge on any atom is -0.394 e. The Hall–Kier alpha value is -1.72. The summed E-state index contributed by atoms with van der Waals surface area (Å²) in [5.41, 5.74) is 5.62. The number of halogens is 1. The summed E-state index contributed by atoms with van der Waals surface area (Å²) in [6.45, 7) is 5.40. The van der Waals surface area contributed by atoms with Gasteiger partial charge < -0.3 is 10.4 Å². The number of hydrogen-bond acceptors (Lipinski definition) is 3. The lowest BCUT2D eigenvalue weighted by Crippen LogP contribution is -2.25. The number of aryl methyl sites for hydroxylation is 2. The third-order valence-corrected chi connectivity index (χ3v) is 4.79. The predicted octanol–water partition coefficient (Wildman–Crippen LogP) is 2.80. The Morgan fingerprint density at radius 1 is 1.39 bits per heavy atom. The minimum atomic E-state index is -0.152. The average molecular weight is 317 g/mol. The van der Waals surface area contributed by atoms with Gasteiger partial charge in [0.15, 0.2) is 0 Å². The largest absolute Gasteiger partial charge is 0.394 e. The van der Waals surface area contributed by atoms with Gasteiger partial charge in [-0.25, -0.2) is 4.39 Å². The van der Waals surface area contributed by atoms with E-state index in [-0.39, 0.29) is 18.5 Å². The monoisotopic (exact) mass is 317 g/mol. The van der Waals surface area contributed by atoms with E-state index in [4.69, 9.17) is 5.11 Å². The lowest BCUT2D eigenvalue weighted by molar-refractivity contribution is 0.267. The zero-order chi connectivity index (χ0) is 16.4. The topological polar surface area (TPSA) is 50.1 Å². The van der Waals surface area contributed by atoms with Gasteiger partial charge in [0.2, 0.25) is 0 Å². The molecule has 0 aliphatic heterocycles. The molecule has 4 nitrogen and oxygen atoms in total. The Morgan fingerprint density at radius 2 is 2.22 bits per heavy atom. The maximum Gasteiger partial charge on any atom is 0.123 e. The van der Waals surface area contributed by atoms with Crippen LogP contribution in [0.4, 0.5) is 4.39 Å². The van der Waals surface area contributed by atoms with Crippen LogP contribution in [0.3, 0.4) is 0 Å². The number of nitrogens with zero attached hydrogens (tertiary/aromatic N) is 2. The third kappa shape index (κ3) is 3.31. The third-order valence-electron chi connectivity index (χ3n) is 4.79. The molecule has 0 saturated carbocycles. The molecule has 1 aliphatic carbocycles. The van der Waals surface area contributed by atoms with Crippen LogP contribution in [-0.4, -0.2) is 21.5 Å². The summed E-state index contributed by atoms with van der Waals surface area (Å²) in [6.07, 6.45) is 3.11. The highest BCUT2D eigenvalue weighted by atomic mass is 19.1. The highest BCUT2D eigenvalue weighted by Gasteiger charge is 2.21. The molecule has 1 aromatic carbocycles. The fraction of sp³-hybridized carbons (Fsp3) is 0.500. The van der Waals surface area contributed by atoms with Crippen molar-refractivity contribution in [3.63, 3.8) is 0 Å². The van der Waals surface area contributed by atoms with Gasteiger partial charge in [-0.1, -0.05) is 6.07 Å². The van der Waals surface area contributed by atoms with Crippen LogP contribution in [0, 0.1) is 19.7 Å². The van der Waals surface area contributed by atoms with Crippen LogP contribution >= 0.6 is 0 Å². The van der Waals surface area contributed by atoms with Crippen LogP contribution in [0.15, 0.2) is 18.2 Å². The van der Waals surface area contributed by atoms with Gasteiger partial charge >= 0.3 is 0 Å². The summed E-state index contributed by atoms with van der Waals surface area (Å²) in [5, 5.41) is 17.2. The quantitative estimate of drug-likeness (QED) is 0.891. The van der Waals surface area contributed by atoms with E-state index in [0.717, 1.165) is 42.8 Å². The molecule has 0 saturated heterocycles. The Labute approximate surface area is 136 Å². The van der Waals surface area contributed by atoms with Crippen molar-refractivity contribution >= 4 is 0 Å². The molecule has 1 atom stereocenters. The van der Waals surface area contributed by atoms with Crippen molar-refractivity contribution in [2.75, 3.05) is 6.61 Å². The molecular weight excluding hydrogens is 293 g/mol. The van der Waals surface area contributed by atoms with Gasteiger partial charge in [-0.15, -0.1) is 0 Å². The van der Waals surface area contributed by atoms with Gasteiger partial charge in [0, 0.05) is 23.8 Å². The maximum atomic E-state index is 13.4. The van der Waals surface area contributed by atoms with E-state index in [9.17, 15) is 4.39 Å². The molecular formula is C18H24FN3O. The smallest absolute Gasteiger partial charge is 0.123 e. The zero-order valence-electron chi connectivity index (χ0n) is 13.8. The Morgan fingerprint density at radius 3 is 3.00 bits per heavy atom.